The minimum absolute atomic E-state index is 0.0769. The average molecular weight is 460 g/mol. The molecule has 0 fully saturated rings. The zero-order chi connectivity index (χ0) is 22.4. The predicted octanol–water partition coefficient (Wildman–Crippen LogP) is 5.54. The van der Waals surface area contributed by atoms with E-state index < -0.39 is 5.97 Å². The molecule has 0 amide bonds. The first kappa shape index (κ1) is 23.0. The number of unbranched alkanes of at least 4 members (excludes halogenated alkanes) is 1. The van der Waals surface area contributed by atoms with E-state index in [2.05, 4.69) is 14.9 Å². The minimum Gasteiger partial charge on any atom is -0.492 e. The fourth-order valence-corrected chi connectivity index (χ4v) is 3.44. The molecule has 2 heterocycles. The summed E-state index contributed by atoms with van der Waals surface area (Å²) >= 11 is 12.7. The van der Waals surface area contributed by atoms with Crippen molar-refractivity contribution in [2.45, 2.75) is 12.8 Å². The van der Waals surface area contributed by atoms with Gasteiger partial charge >= 0.3 is 5.97 Å². The van der Waals surface area contributed by atoms with Gasteiger partial charge in [0.05, 0.1) is 28.0 Å². The lowest BCUT2D eigenvalue weighted by atomic mass is 10.0. The molecule has 0 saturated heterocycles. The highest BCUT2D eigenvalue weighted by Crippen LogP contribution is 2.36. The van der Waals surface area contributed by atoms with E-state index in [-0.39, 0.29) is 5.69 Å². The summed E-state index contributed by atoms with van der Waals surface area (Å²) in [5.74, 6) is -0.601. The standard InChI is InChI=1S/C23H23Cl2N3O3/c1-28(2)12-3-4-13-31-20-14-15(7-9-17(20)24)21-16(8-10-19(27-21)23(29)30)22-18(25)6-5-11-26-22/h5-11,14H,3-4,12-13H2,1-2H3,(H,29,30). The summed E-state index contributed by atoms with van der Waals surface area (Å²) in [6.07, 6.45) is 3.52. The van der Waals surface area contributed by atoms with Crippen LogP contribution >= 0.6 is 23.2 Å². The Balaban J connectivity index is 1.96. The number of benzene rings is 1. The first-order valence-corrected chi connectivity index (χ1v) is 10.5. The lowest BCUT2D eigenvalue weighted by molar-refractivity contribution is 0.0690. The van der Waals surface area contributed by atoms with Gasteiger partial charge in [0.1, 0.15) is 11.4 Å². The average Bonchev–Trinajstić information content (AvgIpc) is 2.74. The molecular formula is C23H23Cl2N3O3. The number of pyridine rings is 2. The maximum absolute atomic E-state index is 11.5. The summed E-state index contributed by atoms with van der Waals surface area (Å²) in [6, 6.07) is 11.8. The van der Waals surface area contributed by atoms with Gasteiger partial charge in [-0.1, -0.05) is 29.3 Å². The number of hydrogen-bond acceptors (Lipinski definition) is 5. The largest absolute Gasteiger partial charge is 0.492 e. The number of carboxylic acids is 1. The highest BCUT2D eigenvalue weighted by Gasteiger charge is 2.17. The molecule has 1 N–H and O–H groups in total. The van der Waals surface area contributed by atoms with Gasteiger partial charge in [-0.2, -0.15) is 0 Å². The second-order valence-corrected chi connectivity index (χ2v) is 8.05. The van der Waals surface area contributed by atoms with Crippen LogP contribution in [0, 0.1) is 0 Å². The zero-order valence-electron chi connectivity index (χ0n) is 17.3. The molecule has 3 rings (SSSR count). The Morgan fingerprint density at radius 2 is 1.87 bits per heavy atom. The molecule has 0 atom stereocenters. The van der Waals surface area contributed by atoms with Crippen LogP contribution in [0.4, 0.5) is 0 Å². The van der Waals surface area contributed by atoms with Crippen LogP contribution in [-0.2, 0) is 0 Å². The fraction of sp³-hybridized carbons (Fsp3) is 0.261. The smallest absolute Gasteiger partial charge is 0.354 e. The Kier molecular flexibility index (Phi) is 7.85. The van der Waals surface area contributed by atoms with Gasteiger partial charge in [0.15, 0.2) is 0 Å². The number of halogens is 2. The summed E-state index contributed by atoms with van der Waals surface area (Å²) in [6.45, 7) is 1.51. The molecule has 0 aliphatic carbocycles. The summed E-state index contributed by atoms with van der Waals surface area (Å²) in [4.78, 5) is 22.4. The number of rotatable bonds is 9. The topological polar surface area (TPSA) is 75.5 Å². The van der Waals surface area contributed by atoms with Crippen LogP contribution in [0.15, 0.2) is 48.7 Å². The van der Waals surface area contributed by atoms with Crippen molar-refractivity contribution in [1.29, 1.82) is 0 Å². The van der Waals surface area contributed by atoms with Gasteiger partial charge < -0.3 is 14.7 Å². The van der Waals surface area contributed by atoms with Crippen LogP contribution < -0.4 is 4.74 Å². The van der Waals surface area contributed by atoms with Crippen LogP contribution in [0.2, 0.25) is 10.0 Å². The second-order valence-electron chi connectivity index (χ2n) is 7.24. The lowest BCUT2D eigenvalue weighted by Gasteiger charge is -2.14. The van der Waals surface area contributed by atoms with E-state index in [4.69, 9.17) is 27.9 Å². The first-order chi connectivity index (χ1) is 14.9. The Morgan fingerprint density at radius 3 is 2.58 bits per heavy atom. The number of carboxylic acid groups (broad SMARTS) is 1. The van der Waals surface area contributed by atoms with Gasteiger partial charge in [0.25, 0.3) is 0 Å². The van der Waals surface area contributed by atoms with Crippen LogP contribution in [0.1, 0.15) is 23.3 Å². The van der Waals surface area contributed by atoms with Crippen molar-refractivity contribution in [2.75, 3.05) is 27.2 Å². The summed E-state index contributed by atoms with van der Waals surface area (Å²) < 4.78 is 5.89. The van der Waals surface area contributed by atoms with Crippen molar-refractivity contribution in [3.05, 3.63) is 64.4 Å². The number of aromatic carboxylic acids is 1. The molecular weight excluding hydrogens is 437 g/mol. The lowest BCUT2D eigenvalue weighted by Crippen LogP contribution is -2.13. The van der Waals surface area contributed by atoms with Crippen molar-refractivity contribution < 1.29 is 14.6 Å². The quantitative estimate of drug-likeness (QED) is 0.423. The van der Waals surface area contributed by atoms with E-state index >= 15 is 0 Å². The molecule has 0 spiro atoms. The molecule has 2 aromatic heterocycles. The maximum atomic E-state index is 11.5. The van der Waals surface area contributed by atoms with E-state index in [0.29, 0.717) is 44.9 Å². The van der Waals surface area contributed by atoms with E-state index in [1.54, 1.807) is 42.6 Å². The number of hydrogen-bond donors (Lipinski definition) is 1. The summed E-state index contributed by atoms with van der Waals surface area (Å²) in [5, 5.41) is 10.3. The Bertz CT molecular complexity index is 1070. The van der Waals surface area contributed by atoms with Gasteiger partial charge in [0.2, 0.25) is 0 Å². The summed E-state index contributed by atoms with van der Waals surface area (Å²) in [5.41, 5.74) is 2.16. The van der Waals surface area contributed by atoms with E-state index in [1.165, 1.54) is 6.07 Å². The Labute approximate surface area is 191 Å². The third-order valence-corrected chi connectivity index (χ3v) is 5.21. The van der Waals surface area contributed by atoms with Crippen molar-refractivity contribution >= 4 is 29.2 Å². The van der Waals surface area contributed by atoms with Gasteiger partial charge in [-0.25, -0.2) is 9.78 Å². The molecule has 0 bridgehead atoms. The van der Waals surface area contributed by atoms with Gasteiger partial charge in [-0.3, -0.25) is 4.98 Å². The highest BCUT2D eigenvalue weighted by molar-refractivity contribution is 6.33. The van der Waals surface area contributed by atoms with Gasteiger partial charge in [-0.05, 0) is 69.9 Å². The van der Waals surface area contributed by atoms with Crippen molar-refractivity contribution in [3.63, 3.8) is 0 Å². The third-order valence-electron chi connectivity index (χ3n) is 4.59. The van der Waals surface area contributed by atoms with Crippen molar-refractivity contribution in [3.8, 4) is 28.3 Å². The number of ether oxygens (including phenoxy) is 1. The Morgan fingerprint density at radius 1 is 1.06 bits per heavy atom. The molecule has 0 aliphatic heterocycles. The van der Waals surface area contributed by atoms with E-state index in [1.807, 2.05) is 14.1 Å². The highest BCUT2D eigenvalue weighted by atomic mass is 35.5. The van der Waals surface area contributed by atoms with Gasteiger partial charge in [-0.15, -0.1) is 0 Å². The third kappa shape index (κ3) is 5.94. The van der Waals surface area contributed by atoms with E-state index in [0.717, 1.165) is 19.4 Å². The molecule has 31 heavy (non-hydrogen) atoms. The monoisotopic (exact) mass is 459 g/mol. The number of nitrogens with zero attached hydrogens (tertiary/aromatic N) is 3. The first-order valence-electron chi connectivity index (χ1n) is 9.79. The van der Waals surface area contributed by atoms with E-state index in [9.17, 15) is 9.90 Å². The maximum Gasteiger partial charge on any atom is 0.354 e. The number of carbonyl (C=O) groups is 1. The molecule has 0 aliphatic rings. The molecule has 3 aromatic rings. The zero-order valence-corrected chi connectivity index (χ0v) is 18.8. The SMILES string of the molecule is CN(C)CCCCOc1cc(-c2nc(C(=O)O)ccc2-c2ncccc2Cl)ccc1Cl. The molecule has 0 saturated carbocycles. The summed E-state index contributed by atoms with van der Waals surface area (Å²) in [7, 11) is 4.07. The fourth-order valence-electron chi connectivity index (χ4n) is 3.05. The molecule has 8 heteroatoms. The normalized spacial score (nSPS) is 11.0. The predicted molar refractivity (Wildman–Crippen MR) is 123 cm³/mol. The minimum atomic E-state index is -1.12. The van der Waals surface area contributed by atoms with Crippen molar-refractivity contribution in [2.24, 2.45) is 0 Å². The van der Waals surface area contributed by atoms with Crippen LogP contribution in [0.25, 0.3) is 22.5 Å². The number of aromatic nitrogens is 2. The molecule has 6 nitrogen and oxygen atoms in total. The molecule has 0 unspecified atom stereocenters. The van der Waals surface area contributed by atoms with Crippen LogP contribution in [-0.4, -0.2) is 53.2 Å². The second kappa shape index (κ2) is 10.6. The Hall–Kier alpha value is -2.67. The van der Waals surface area contributed by atoms with Gasteiger partial charge in [0, 0.05) is 17.3 Å². The molecule has 162 valence electrons. The van der Waals surface area contributed by atoms with Crippen LogP contribution in [0.3, 0.4) is 0 Å². The van der Waals surface area contributed by atoms with Crippen LogP contribution in [0.5, 0.6) is 5.75 Å². The molecule has 1 aromatic carbocycles. The van der Waals surface area contributed by atoms with Crippen molar-refractivity contribution in [1.82, 2.24) is 14.9 Å². The molecule has 0 radical (unpaired) electrons.